The van der Waals surface area contributed by atoms with Gasteiger partial charge in [-0.15, -0.1) is 0 Å². The van der Waals surface area contributed by atoms with E-state index in [0.29, 0.717) is 18.4 Å². The molecule has 0 heterocycles. The van der Waals surface area contributed by atoms with Crippen LogP contribution in [0.3, 0.4) is 0 Å². The fourth-order valence-electron chi connectivity index (χ4n) is 3.73. The number of nitrogens with two attached hydrogens (primary N) is 1. The summed E-state index contributed by atoms with van der Waals surface area (Å²) in [6.45, 7) is 11.3. The van der Waals surface area contributed by atoms with Crippen molar-refractivity contribution >= 4 is 11.8 Å². The first kappa shape index (κ1) is 21.9. The molecule has 1 rings (SSSR count). The Morgan fingerprint density at radius 2 is 1.52 bits per heavy atom. The monoisotopic (exact) mass is 353 g/mol. The molecule has 2 amide bonds. The van der Waals surface area contributed by atoms with Gasteiger partial charge in [0.1, 0.15) is 0 Å². The van der Waals surface area contributed by atoms with Gasteiger partial charge in [0, 0.05) is 13.1 Å². The normalized spacial score (nSPS) is 16.0. The Kier molecular flexibility index (Phi) is 10.1. The highest BCUT2D eigenvalue weighted by Crippen LogP contribution is 2.26. The third kappa shape index (κ3) is 9.83. The number of nitrogens with zero attached hydrogens (tertiary/aromatic N) is 2. The topological polar surface area (TPSA) is 66.6 Å². The van der Waals surface area contributed by atoms with Crippen LogP contribution in [0.1, 0.15) is 66.2 Å². The predicted octanol–water partition coefficient (Wildman–Crippen LogP) is 2.88. The summed E-state index contributed by atoms with van der Waals surface area (Å²) < 4.78 is 0. The first-order valence-corrected chi connectivity index (χ1v) is 10.1. The van der Waals surface area contributed by atoms with Crippen LogP contribution in [0.15, 0.2) is 0 Å². The molecule has 1 saturated carbocycles. The number of hydrogen-bond donors (Lipinski definition) is 1. The molecule has 146 valence electrons. The quantitative estimate of drug-likeness (QED) is 0.621. The maximum Gasteiger partial charge on any atom is 0.236 e. The second-order valence-corrected chi connectivity index (χ2v) is 8.56. The van der Waals surface area contributed by atoms with Crippen LogP contribution in [0.4, 0.5) is 0 Å². The van der Waals surface area contributed by atoms with E-state index in [4.69, 9.17) is 5.73 Å². The van der Waals surface area contributed by atoms with Gasteiger partial charge in [0.25, 0.3) is 0 Å². The molecule has 0 aliphatic heterocycles. The second-order valence-electron chi connectivity index (χ2n) is 8.56. The molecule has 1 aliphatic rings. The van der Waals surface area contributed by atoms with Crippen molar-refractivity contribution in [2.75, 3.05) is 32.7 Å². The van der Waals surface area contributed by atoms with Gasteiger partial charge >= 0.3 is 0 Å². The molecule has 0 aromatic carbocycles. The van der Waals surface area contributed by atoms with Crippen molar-refractivity contribution in [1.82, 2.24) is 9.80 Å². The maximum atomic E-state index is 12.8. The van der Waals surface area contributed by atoms with E-state index < -0.39 is 0 Å². The zero-order chi connectivity index (χ0) is 18.8. The van der Waals surface area contributed by atoms with Crippen LogP contribution in [0, 0.1) is 17.8 Å². The summed E-state index contributed by atoms with van der Waals surface area (Å²) in [6.07, 6.45) is 7.61. The molecule has 0 radical (unpaired) electrons. The summed E-state index contributed by atoms with van der Waals surface area (Å²) >= 11 is 0. The van der Waals surface area contributed by atoms with E-state index >= 15 is 0 Å². The molecule has 25 heavy (non-hydrogen) atoms. The zero-order valence-corrected chi connectivity index (χ0v) is 16.8. The Labute approximate surface area is 154 Å². The summed E-state index contributed by atoms with van der Waals surface area (Å²) in [4.78, 5) is 28.1. The lowest BCUT2D eigenvalue weighted by atomic mass is 9.87. The lowest BCUT2D eigenvalue weighted by Gasteiger charge is -2.30. The standard InChI is InChI=1S/C20H39N3O2/c1-16(2)12-23(13-17(3)4)20(25)15-22(14-19(21)24)11-10-18-8-6-5-7-9-18/h16-18H,5-15H2,1-4H3,(H2,21,24). The summed E-state index contributed by atoms with van der Waals surface area (Å²) in [5.41, 5.74) is 5.41. The van der Waals surface area contributed by atoms with Gasteiger partial charge in [-0.25, -0.2) is 0 Å². The first-order valence-electron chi connectivity index (χ1n) is 10.1. The Morgan fingerprint density at radius 1 is 0.960 bits per heavy atom. The lowest BCUT2D eigenvalue weighted by Crippen LogP contribution is -2.46. The molecule has 1 aliphatic carbocycles. The van der Waals surface area contributed by atoms with Gasteiger partial charge in [-0.05, 0) is 30.7 Å². The van der Waals surface area contributed by atoms with Gasteiger partial charge < -0.3 is 10.6 Å². The Balaban J connectivity index is 2.59. The Hall–Kier alpha value is -1.10. The van der Waals surface area contributed by atoms with E-state index in [0.717, 1.165) is 32.0 Å². The number of amides is 2. The van der Waals surface area contributed by atoms with Crippen LogP contribution in [0.25, 0.3) is 0 Å². The van der Waals surface area contributed by atoms with Gasteiger partial charge in [0.15, 0.2) is 0 Å². The molecule has 0 aromatic heterocycles. The third-order valence-corrected chi connectivity index (χ3v) is 4.84. The maximum absolute atomic E-state index is 12.8. The fraction of sp³-hybridized carbons (Fsp3) is 0.900. The van der Waals surface area contributed by atoms with E-state index in [1.54, 1.807) is 0 Å². The smallest absolute Gasteiger partial charge is 0.236 e. The number of carbonyl (C=O) groups excluding carboxylic acids is 2. The minimum absolute atomic E-state index is 0.118. The molecule has 5 heteroatoms. The highest BCUT2D eigenvalue weighted by molar-refractivity contribution is 5.80. The van der Waals surface area contributed by atoms with Crippen molar-refractivity contribution in [3.8, 4) is 0 Å². The van der Waals surface area contributed by atoms with Gasteiger partial charge in [0.2, 0.25) is 11.8 Å². The molecule has 2 N–H and O–H groups in total. The van der Waals surface area contributed by atoms with Crippen molar-refractivity contribution in [2.24, 2.45) is 23.5 Å². The van der Waals surface area contributed by atoms with E-state index in [1.807, 2.05) is 9.80 Å². The van der Waals surface area contributed by atoms with Gasteiger partial charge in [-0.3, -0.25) is 14.5 Å². The van der Waals surface area contributed by atoms with Crippen molar-refractivity contribution in [1.29, 1.82) is 0 Å². The van der Waals surface area contributed by atoms with Crippen molar-refractivity contribution < 1.29 is 9.59 Å². The number of rotatable bonds is 11. The highest BCUT2D eigenvalue weighted by Gasteiger charge is 2.21. The van der Waals surface area contributed by atoms with E-state index in [2.05, 4.69) is 27.7 Å². The molecule has 0 bridgehead atoms. The largest absolute Gasteiger partial charge is 0.369 e. The molecule has 0 atom stereocenters. The fourth-order valence-corrected chi connectivity index (χ4v) is 3.73. The molecule has 5 nitrogen and oxygen atoms in total. The zero-order valence-electron chi connectivity index (χ0n) is 16.8. The van der Waals surface area contributed by atoms with Crippen molar-refractivity contribution in [3.63, 3.8) is 0 Å². The molecule has 0 unspecified atom stereocenters. The lowest BCUT2D eigenvalue weighted by molar-refractivity contribution is -0.134. The summed E-state index contributed by atoms with van der Waals surface area (Å²) in [7, 11) is 0. The molecule has 0 aromatic rings. The van der Waals surface area contributed by atoms with E-state index in [-0.39, 0.29) is 18.4 Å². The molecule has 1 fully saturated rings. The summed E-state index contributed by atoms with van der Waals surface area (Å²) in [6, 6.07) is 0. The van der Waals surface area contributed by atoms with Gasteiger partial charge in [-0.1, -0.05) is 59.8 Å². The second kappa shape index (κ2) is 11.5. The van der Waals surface area contributed by atoms with Crippen LogP contribution in [-0.2, 0) is 9.59 Å². The van der Waals surface area contributed by atoms with Crippen LogP contribution in [0.2, 0.25) is 0 Å². The van der Waals surface area contributed by atoms with Crippen LogP contribution in [0.5, 0.6) is 0 Å². The van der Waals surface area contributed by atoms with Gasteiger partial charge in [0.05, 0.1) is 13.1 Å². The van der Waals surface area contributed by atoms with Crippen LogP contribution < -0.4 is 5.73 Å². The molecule has 0 saturated heterocycles. The average molecular weight is 354 g/mol. The number of carbonyl (C=O) groups is 2. The number of hydrogen-bond acceptors (Lipinski definition) is 3. The minimum atomic E-state index is -0.351. The third-order valence-electron chi connectivity index (χ3n) is 4.84. The summed E-state index contributed by atoms with van der Waals surface area (Å²) in [5, 5.41) is 0. The molecular formula is C20H39N3O2. The van der Waals surface area contributed by atoms with Crippen LogP contribution in [-0.4, -0.2) is 54.3 Å². The van der Waals surface area contributed by atoms with Crippen molar-refractivity contribution in [3.05, 3.63) is 0 Å². The van der Waals surface area contributed by atoms with E-state index in [9.17, 15) is 9.59 Å². The first-order chi connectivity index (χ1) is 11.8. The summed E-state index contributed by atoms with van der Waals surface area (Å²) in [5.74, 6) is 1.38. The predicted molar refractivity (Wildman–Crippen MR) is 103 cm³/mol. The van der Waals surface area contributed by atoms with E-state index in [1.165, 1.54) is 32.1 Å². The average Bonchev–Trinajstić information content (AvgIpc) is 2.51. The SMILES string of the molecule is CC(C)CN(CC(C)C)C(=O)CN(CCC1CCCCC1)CC(N)=O. The molecular weight excluding hydrogens is 314 g/mol. The number of primary amides is 1. The molecule has 0 spiro atoms. The van der Waals surface area contributed by atoms with Gasteiger partial charge in [-0.2, -0.15) is 0 Å². The van der Waals surface area contributed by atoms with Crippen molar-refractivity contribution in [2.45, 2.75) is 66.2 Å². The minimum Gasteiger partial charge on any atom is -0.369 e. The Bertz CT molecular complexity index is 394. The Morgan fingerprint density at radius 3 is 2.00 bits per heavy atom. The highest BCUT2D eigenvalue weighted by atomic mass is 16.2. The van der Waals surface area contributed by atoms with Crippen LogP contribution >= 0.6 is 0 Å².